The summed E-state index contributed by atoms with van der Waals surface area (Å²) in [7, 11) is 0. The van der Waals surface area contributed by atoms with E-state index in [9.17, 15) is 0 Å². The number of hydrogen-bond acceptors (Lipinski definition) is 3. The van der Waals surface area contributed by atoms with Crippen LogP contribution >= 0.6 is 22.9 Å². The third kappa shape index (κ3) is 0.629. The van der Waals surface area contributed by atoms with E-state index in [1.54, 1.807) is 5.51 Å². The number of aromatic nitrogens is 2. The van der Waals surface area contributed by atoms with Gasteiger partial charge in [0.2, 0.25) is 5.88 Å². The quantitative estimate of drug-likeness (QED) is 0.642. The van der Waals surface area contributed by atoms with Gasteiger partial charge in [-0.15, -0.1) is 11.3 Å². The van der Waals surface area contributed by atoms with Gasteiger partial charge in [-0.2, -0.15) is 0 Å². The highest BCUT2D eigenvalue weighted by Gasteiger charge is 2.09. The fourth-order valence-corrected chi connectivity index (χ4v) is 1.71. The van der Waals surface area contributed by atoms with Gasteiger partial charge in [0.05, 0.1) is 10.2 Å². The first-order valence-corrected chi connectivity index (χ1v) is 3.84. The first-order chi connectivity index (χ1) is 4.79. The SMILES string of the molecule is Oc1[nH]c2ncsc2c1Cl. The van der Waals surface area contributed by atoms with Crippen molar-refractivity contribution in [1.82, 2.24) is 9.97 Å². The minimum atomic E-state index is -0.00369. The summed E-state index contributed by atoms with van der Waals surface area (Å²) in [6.45, 7) is 0. The molecule has 2 aromatic rings. The second-order valence-corrected chi connectivity index (χ2v) is 3.05. The molecule has 3 nitrogen and oxygen atoms in total. The van der Waals surface area contributed by atoms with Crippen LogP contribution in [0.25, 0.3) is 10.3 Å². The van der Waals surface area contributed by atoms with E-state index in [1.165, 1.54) is 11.3 Å². The van der Waals surface area contributed by atoms with E-state index in [2.05, 4.69) is 9.97 Å². The van der Waals surface area contributed by atoms with Crippen molar-refractivity contribution in [3.63, 3.8) is 0 Å². The van der Waals surface area contributed by atoms with Crippen molar-refractivity contribution in [2.45, 2.75) is 0 Å². The molecule has 0 unspecified atom stereocenters. The van der Waals surface area contributed by atoms with E-state index >= 15 is 0 Å². The van der Waals surface area contributed by atoms with Crippen LogP contribution in [-0.2, 0) is 0 Å². The fraction of sp³-hybridized carbons (Fsp3) is 0. The Kier molecular flexibility index (Phi) is 1.12. The number of nitrogens with one attached hydrogen (secondary N) is 1. The number of thiazole rings is 1. The van der Waals surface area contributed by atoms with E-state index in [-0.39, 0.29) is 5.88 Å². The Hall–Kier alpha value is -0.740. The van der Waals surface area contributed by atoms with E-state index < -0.39 is 0 Å². The summed E-state index contributed by atoms with van der Waals surface area (Å²) in [6.07, 6.45) is 0. The first-order valence-electron chi connectivity index (χ1n) is 2.58. The summed E-state index contributed by atoms with van der Waals surface area (Å²) in [5, 5.41) is 9.37. The summed E-state index contributed by atoms with van der Waals surface area (Å²) >= 11 is 7.07. The van der Waals surface area contributed by atoms with Crippen LogP contribution in [-0.4, -0.2) is 15.1 Å². The summed E-state index contributed by atoms with van der Waals surface area (Å²) < 4.78 is 0.805. The number of rotatable bonds is 0. The maximum absolute atomic E-state index is 9.01. The number of hydrogen-bond donors (Lipinski definition) is 2. The fourth-order valence-electron chi connectivity index (χ4n) is 0.765. The molecule has 0 bridgehead atoms. The molecule has 2 heterocycles. The minimum Gasteiger partial charge on any atom is -0.493 e. The van der Waals surface area contributed by atoms with Crippen LogP contribution < -0.4 is 0 Å². The lowest BCUT2D eigenvalue weighted by atomic mass is 10.6. The Balaban J connectivity index is 2.95. The number of H-pyrrole nitrogens is 1. The molecule has 2 N–H and O–H groups in total. The Morgan fingerprint density at radius 2 is 2.50 bits per heavy atom. The second-order valence-electron chi connectivity index (χ2n) is 1.82. The van der Waals surface area contributed by atoms with Gasteiger partial charge in [0.25, 0.3) is 0 Å². The molecule has 0 fully saturated rings. The monoisotopic (exact) mass is 174 g/mol. The zero-order valence-electron chi connectivity index (χ0n) is 4.76. The Morgan fingerprint density at radius 3 is 3.20 bits per heavy atom. The van der Waals surface area contributed by atoms with Crippen LogP contribution in [0, 0.1) is 0 Å². The van der Waals surface area contributed by atoms with Gasteiger partial charge in [0.1, 0.15) is 5.02 Å². The van der Waals surface area contributed by atoms with E-state index in [4.69, 9.17) is 16.7 Å². The van der Waals surface area contributed by atoms with Gasteiger partial charge in [-0.05, 0) is 0 Å². The second kappa shape index (κ2) is 1.87. The van der Waals surface area contributed by atoms with E-state index in [0.29, 0.717) is 10.7 Å². The van der Waals surface area contributed by atoms with Crippen LogP contribution in [0.5, 0.6) is 5.88 Å². The van der Waals surface area contributed by atoms with Crippen LogP contribution in [0.15, 0.2) is 5.51 Å². The van der Waals surface area contributed by atoms with E-state index in [0.717, 1.165) is 4.70 Å². The summed E-state index contributed by atoms with van der Waals surface area (Å²) in [5.74, 6) is -0.00369. The highest BCUT2D eigenvalue weighted by molar-refractivity contribution is 7.17. The van der Waals surface area contributed by atoms with Crippen LogP contribution in [0.2, 0.25) is 5.02 Å². The molecule has 2 rings (SSSR count). The first kappa shape index (κ1) is 6.00. The van der Waals surface area contributed by atoms with Crippen LogP contribution in [0.1, 0.15) is 0 Å². The zero-order chi connectivity index (χ0) is 7.14. The number of halogens is 1. The Labute approximate surface area is 65.3 Å². The molecule has 2 aromatic heterocycles. The highest BCUT2D eigenvalue weighted by atomic mass is 35.5. The molecule has 5 heteroatoms. The molecule has 0 aliphatic heterocycles. The predicted molar refractivity (Wildman–Crippen MR) is 40.6 cm³/mol. The van der Waals surface area contributed by atoms with Crippen molar-refractivity contribution in [1.29, 1.82) is 0 Å². The summed E-state index contributed by atoms with van der Waals surface area (Å²) in [4.78, 5) is 6.55. The molecule has 0 aliphatic rings. The molecule has 0 saturated heterocycles. The molecule has 10 heavy (non-hydrogen) atoms. The zero-order valence-corrected chi connectivity index (χ0v) is 6.33. The number of aromatic hydroxyl groups is 1. The van der Waals surface area contributed by atoms with Crippen molar-refractivity contribution >= 4 is 33.3 Å². The molecule has 0 atom stereocenters. The topological polar surface area (TPSA) is 48.9 Å². The number of nitrogens with zero attached hydrogens (tertiary/aromatic N) is 1. The normalized spacial score (nSPS) is 10.9. The van der Waals surface area contributed by atoms with Crippen LogP contribution in [0.3, 0.4) is 0 Å². The van der Waals surface area contributed by atoms with Gasteiger partial charge in [-0.1, -0.05) is 11.6 Å². The molecule has 0 spiro atoms. The van der Waals surface area contributed by atoms with Gasteiger partial charge in [-0.25, -0.2) is 4.98 Å². The van der Waals surface area contributed by atoms with Crippen molar-refractivity contribution in [2.24, 2.45) is 0 Å². The Bertz CT molecular complexity index is 366. The van der Waals surface area contributed by atoms with Gasteiger partial charge in [0.15, 0.2) is 5.65 Å². The average molecular weight is 175 g/mol. The molecule has 0 amide bonds. The lowest BCUT2D eigenvalue weighted by Gasteiger charge is -1.80. The molecule has 52 valence electrons. The minimum absolute atomic E-state index is 0.00369. The average Bonchev–Trinajstić information content (AvgIpc) is 2.41. The van der Waals surface area contributed by atoms with E-state index in [1.807, 2.05) is 0 Å². The van der Waals surface area contributed by atoms with Crippen molar-refractivity contribution < 1.29 is 5.11 Å². The van der Waals surface area contributed by atoms with Crippen molar-refractivity contribution in [3.05, 3.63) is 10.5 Å². The third-order valence-corrected chi connectivity index (χ3v) is 2.54. The molecule has 0 saturated carbocycles. The third-order valence-electron chi connectivity index (χ3n) is 1.21. The van der Waals surface area contributed by atoms with Crippen molar-refractivity contribution in [3.8, 4) is 5.88 Å². The van der Waals surface area contributed by atoms with Gasteiger partial charge in [-0.3, -0.25) is 0 Å². The van der Waals surface area contributed by atoms with Crippen molar-refractivity contribution in [2.75, 3.05) is 0 Å². The molecule has 0 aliphatic carbocycles. The highest BCUT2D eigenvalue weighted by Crippen LogP contribution is 2.33. The summed E-state index contributed by atoms with van der Waals surface area (Å²) in [5.41, 5.74) is 2.32. The van der Waals surface area contributed by atoms with Gasteiger partial charge < -0.3 is 10.1 Å². The molecule has 0 aromatic carbocycles. The number of fused-ring (bicyclic) bond motifs is 1. The number of aromatic amines is 1. The molecule has 0 radical (unpaired) electrons. The molecular formula is C5H3ClN2OS. The predicted octanol–water partition coefficient (Wildman–Crippen LogP) is 1.98. The molecular weight excluding hydrogens is 172 g/mol. The lowest BCUT2D eigenvalue weighted by Crippen LogP contribution is -1.62. The maximum Gasteiger partial charge on any atom is 0.210 e. The maximum atomic E-state index is 9.01. The van der Waals surface area contributed by atoms with Crippen LogP contribution in [0.4, 0.5) is 0 Å². The van der Waals surface area contributed by atoms with Gasteiger partial charge in [0, 0.05) is 0 Å². The summed E-state index contributed by atoms with van der Waals surface area (Å²) in [6, 6.07) is 0. The largest absolute Gasteiger partial charge is 0.493 e. The standard InChI is InChI=1S/C5H3ClN2OS/c6-2-3-4(7-1-10-3)8-5(2)9/h1,8-9H. The Morgan fingerprint density at radius 1 is 1.70 bits per heavy atom. The van der Waals surface area contributed by atoms with Gasteiger partial charge >= 0.3 is 0 Å². The lowest BCUT2D eigenvalue weighted by molar-refractivity contribution is 0.458. The smallest absolute Gasteiger partial charge is 0.210 e.